The van der Waals surface area contributed by atoms with Crippen LogP contribution in [0.1, 0.15) is 5.89 Å². The molecule has 0 spiro atoms. The van der Waals surface area contributed by atoms with E-state index >= 15 is 0 Å². The van der Waals surface area contributed by atoms with E-state index in [1.165, 1.54) is 0 Å². The van der Waals surface area contributed by atoms with Gasteiger partial charge in [-0.25, -0.2) is 0 Å². The van der Waals surface area contributed by atoms with Gasteiger partial charge < -0.3 is 15.0 Å². The topological polar surface area (TPSA) is 87.1 Å². The molecule has 0 amide bonds. The molecular formula is C8H8N4O2. The highest BCUT2D eigenvalue weighted by atomic mass is 16.6. The summed E-state index contributed by atoms with van der Waals surface area (Å²) in [5.74, 6) is 0.890. The normalized spacial score (nSPS) is 10.1. The molecule has 6 nitrogen and oxygen atoms in total. The van der Waals surface area contributed by atoms with Gasteiger partial charge >= 0.3 is 6.01 Å². The fourth-order valence-electron chi connectivity index (χ4n) is 0.876. The summed E-state index contributed by atoms with van der Waals surface area (Å²) in [6, 6.07) is 3.63. The third-order valence-corrected chi connectivity index (χ3v) is 1.47. The van der Waals surface area contributed by atoms with Gasteiger partial charge in [-0.15, -0.1) is 0 Å². The molecule has 0 aliphatic rings. The van der Waals surface area contributed by atoms with Crippen molar-refractivity contribution >= 4 is 0 Å². The van der Waals surface area contributed by atoms with Crippen molar-refractivity contribution in [1.29, 1.82) is 0 Å². The molecule has 6 heteroatoms. The Morgan fingerprint density at radius 1 is 1.50 bits per heavy atom. The Hall–Kier alpha value is -1.95. The van der Waals surface area contributed by atoms with E-state index in [-0.39, 0.29) is 12.6 Å². The van der Waals surface area contributed by atoms with E-state index in [0.29, 0.717) is 11.6 Å². The Kier molecular flexibility index (Phi) is 2.37. The second-order valence-corrected chi connectivity index (χ2v) is 2.47. The van der Waals surface area contributed by atoms with E-state index < -0.39 is 0 Å². The molecule has 0 unspecified atom stereocenters. The van der Waals surface area contributed by atoms with Crippen molar-refractivity contribution in [3.63, 3.8) is 0 Å². The first-order valence-corrected chi connectivity index (χ1v) is 3.99. The fourth-order valence-corrected chi connectivity index (χ4v) is 0.876. The first-order valence-electron chi connectivity index (χ1n) is 3.99. The Balaban J connectivity index is 2.11. The van der Waals surface area contributed by atoms with Gasteiger partial charge in [-0.2, -0.15) is 4.98 Å². The van der Waals surface area contributed by atoms with Gasteiger partial charge in [0.1, 0.15) is 5.75 Å². The molecule has 0 aromatic carbocycles. The third-order valence-electron chi connectivity index (χ3n) is 1.47. The van der Waals surface area contributed by atoms with Crippen molar-refractivity contribution in [3.05, 3.63) is 30.4 Å². The van der Waals surface area contributed by atoms with Crippen LogP contribution in [0.5, 0.6) is 11.8 Å². The van der Waals surface area contributed by atoms with Gasteiger partial charge in [-0.1, -0.05) is 0 Å². The molecule has 2 aromatic heterocycles. The van der Waals surface area contributed by atoms with E-state index in [1.54, 1.807) is 24.5 Å². The average Bonchev–Trinajstić information content (AvgIpc) is 2.67. The van der Waals surface area contributed by atoms with Gasteiger partial charge in [0.15, 0.2) is 0 Å². The lowest BCUT2D eigenvalue weighted by atomic mass is 10.5. The number of ether oxygens (including phenoxy) is 1. The van der Waals surface area contributed by atoms with E-state index in [1.807, 2.05) is 0 Å². The van der Waals surface area contributed by atoms with Crippen LogP contribution >= 0.6 is 0 Å². The number of hydrogen-bond acceptors (Lipinski definition) is 6. The summed E-state index contributed by atoms with van der Waals surface area (Å²) in [7, 11) is 0. The molecule has 0 radical (unpaired) electrons. The Labute approximate surface area is 79.7 Å². The second kappa shape index (κ2) is 3.84. The molecule has 0 aliphatic heterocycles. The van der Waals surface area contributed by atoms with Crippen molar-refractivity contribution in [2.75, 3.05) is 0 Å². The van der Waals surface area contributed by atoms with Crippen LogP contribution in [0.25, 0.3) is 0 Å². The molecule has 0 bridgehead atoms. The minimum Gasteiger partial charge on any atom is -0.421 e. The lowest BCUT2D eigenvalue weighted by Gasteiger charge is -1.96. The van der Waals surface area contributed by atoms with Crippen LogP contribution in [-0.2, 0) is 6.54 Å². The van der Waals surface area contributed by atoms with Crippen molar-refractivity contribution in [3.8, 4) is 11.8 Å². The predicted octanol–water partition coefficient (Wildman–Crippen LogP) is 0.716. The zero-order valence-corrected chi connectivity index (χ0v) is 7.25. The Morgan fingerprint density at radius 3 is 3.07 bits per heavy atom. The minimum atomic E-state index is 0.137. The first-order chi connectivity index (χ1) is 6.88. The van der Waals surface area contributed by atoms with Gasteiger partial charge in [-0.3, -0.25) is 4.98 Å². The SMILES string of the molecule is NCc1nc(Oc2cccnc2)no1. The largest absolute Gasteiger partial charge is 0.421 e. The number of aromatic nitrogens is 3. The lowest BCUT2D eigenvalue weighted by Crippen LogP contribution is -1.95. The van der Waals surface area contributed by atoms with Crippen LogP contribution in [0.2, 0.25) is 0 Å². The lowest BCUT2D eigenvalue weighted by molar-refractivity contribution is 0.347. The molecule has 2 aromatic rings. The average molecular weight is 192 g/mol. The van der Waals surface area contributed by atoms with Crippen LogP contribution in [-0.4, -0.2) is 15.1 Å². The molecule has 14 heavy (non-hydrogen) atoms. The van der Waals surface area contributed by atoms with E-state index in [2.05, 4.69) is 15.1 Å². The van der Waals surface area contributed by atoms with Gasteiger partial charge in [0.05, 0.1) is 12.7 Å². The minimum absolute atomic E-state index is 0.137. The van der Waals surface area contributed by atoms with Crippen LogP contribution in [0.3, 0.4) is 0 Å². The van der Waals surface area contributed by atoms with Gasteiger partial charge in [0.2, 0.25) is 5.89 Å². The van der Waals surface area contributed by atoms with E-state index in [4.69, 9.17) is 15.0 Å². The highest BCUT2D eigenvalue weighted by Gasteiger charge is 2.05. The molecule has 2 heterocycles. The molecule has 0 saturated heterocycles. The smallest absolute Gasteiger partial charge is 0.359 e. The van der Waals surface area contributed by atoms with Crippen LogP contribution in [0, 0.1) is 0 Å². The van der Waals surface area contributed by atoms with Crippen LogP contribution in [0.15, 0.2) is 29.0 Å². The molecule has 0 saturated carbocycles. The standard InChI is InChI=1S/C8H8N4O2/c9-4-7-11-8(12-14-7)13-6-2-1-3-10-5-6/h1-3,5H,4,9H2. The summed E-state index contributed by atoms with van der Waals surface area (Å²) in [5, 5.41) is 3.57. The fraction of sp³-hybridized carbons (Fsp3) is 0.125. The maximum Gasteiger partial charge on any atom is 0.359 e. The monoisotopic (exact) mass is 192 g/mol. The van der Waals surface area contributed by atoms with Crippen molar-refractivity contribution in [2.45, 2.75) is 6.54 Å². The Bertz CT molecular complexity index is 401. The molecule has 0 aliphatic carbocycles. The third kappa shape index (κ3) is 1.86. The molecular weight excluding hydrogens is 184 g/mol. The van der Waals surface area contributed by atoms with E-state index in [0.717, 1.165) is 0 Å². The zero-order valence-electron chi connectivity index (χ0n) is 7.25. The summed E-state index contributed by atoms with van der Waals surface area (Å²) in [5.41, 5.74) is 5.29. The first kappa shape index (κ1) is 8.64. The van der Waals surface area contributed by atoms with Crippen LogP contribution in [0.4, 0.5) is 0 Å². The number of hydrogen-bond donors (Lipinski definition) is 1. The summed E-state index contributed by atoms with van der Waals surface area (Å²) < 4.78 is 9.98. The van der Waals surface area contributed by atoms with E-state index in [9.17, 15) is 0 Å². The highest BCUT2D eigenvalue weighted by Crippen LogP contribution is 2.15. The number of pyridine rings is 1. The maximum absolute atomic E-state index is 5.29. The quantitative estimate of drug-likeness (QED) is 0.770. The van der Waals surface area contributed by atoms with Gasteiger partial charge in [0.25, 0.3) is 0 Å². The number of nitrogens with zero attached hydrogens (tertiary/aromatic N) is 3. The molecule has 2 rings (SSSR count). The summed E-state index contributed by atoms with van der Waals surface area (Å²) in [4.78, 5) is 7.74. The maximum atomic E-state index is 5.29. The summed E-state index contributed by atoms with van der Waals surface area (Å²) >= 11 is 0. The Morgan fingerprint density at radius 2 is 2.43 bits per heavy atom. The number of nitrogens with two attached hydrogens (primary N) is 1. The summed E-state index contributed by atoms with van der Waals surface area (Å²) in [6.45, 7) is 0.198. The van der Waals surface area contributed by atoms with Gasteiger partial charge in [-0.05, 0) is 17.3 Å². The number of rotatable bonds is 3. The second-order valence-electron chi connectivity index (χ2n) is 2.47. The molecule has 0 atom stereocenters. The highest BCUT2D eigenvalue weighted by molar-refractivity contribution is 5.19. The van der Waals surface area contributed by atoms with Crippen molar-refractivity contribution in [1.82, 2.24) is 15.1 Å². The zero-order chi connectivity index (χ0) is 9.80. The molecule has 72 valence electrons. The molecule has 0 fully saturated rings. The molecule has 2 N–H and O–H groups in total. The van der Waals surface area contributed by atoms with Crippen LogP contribution < -0.4 is 10.5 Å². The van der Waals surface area contributed by atoms with Gasteiger partial charge in [0, 0.05) is 6.20 Å². The van der Waals surface area contributed by atoms with Crippen molar-refractivity contribution in [2.24, 2.45) is 5.73 Å². The predicted molar refractivity (Wildman–Crippen MR) is 46.5 cm³/mol. The van der Waals surface area contributed by atoms with Crippen molar-refractivity contribution < 1.29 is 9.26 Å². The summed E-state index contributed by atoms with van der Waals surface area (Å²) in [6.07, 6.45) is 3.20.